The highest BCUT2D eigenvalue weighted by Crippen LogP contribution is 2.04. The summed E-state index contributed by atoms with van der Waals surface area (Å²) in [7, 11) is 0. The van der Waals surface area contributed by atoms with Gasteiger partial charge in [-0.25, -0.2) is 0 Å². The van der Waals surface area contributed by atoms with Gasteiger partial charge in [0.25, 0.3) is 5.91 Å². The highest BCUT2D eigenvalue weighted by molar-refractivity contribution is 5.95. The molecule has 0 atom stereocenters. The zero-order chi connectivity index (χ0) is 12.0. The molecule has 1 rings (SSSR count). The third-order valence-electron chi connectivity index (χ3n) is 2.18. The van der Waals surface area contributed by atoms with Crippen molar-refractivity contribution in [2.24, 2.45) is 0 Å². The molecule has 0 saturated carbocycles. The first-order valence-corrected chi connectivity index (χ1v) is 5.35. The monoisotopic (exact) mass is 219 g/mol. The number of aromatic nitrogens is 2. The van der Waals surface area contributed by atoms with Gasteiger partial charge in [0.2, 0.25) is 0 Å². The summed E-state index contributed by atoms with van der Waals surface area (Å²) in [4.78, 5) is 11.8. The van der Waals surface area contributed by atoms with E-state index in [2.05, 4.69) is 15.5 Å². The van der Waals surface area contributed by atoms with Crippen molar-refractivity contribution in [2.45, 2.75) is 27.2 Å². The molecule has 1 amide bonds. The molecule has 0 bridgehead atoms. The summed E-state index contributed by atoms with van der Waals surface area (Å²) >= 11 is 0. The maximum atomic E-state index is 11.8. The van der Waals surface area contributed by atoms with Crippen molar-refractivity contribution in [3.8, 4) is 0 Å². The highest BCUT2D eigenvalue weighted by Gasteiger charge is 2.09. The Hall–Kier alpha value is -1.71. The number of hydrogen-bond donors (Lipinski definition) is 1. The number of rotatable bonds is 4. The van der Waals surface area contributed by atoms with Crippen molar-refractivity contribution in [3.05, 3.63) is 35.2 Å². The second-order valence-corrected chi connectivity index (χ2v) is 3.60. The Morgan fingerprint density at radius 2 is 2.19 bits per heavy atom. The highest BCUT2D eigenvalue weighted by atomic mass is 16.1. The van der Waals surface area contributed by atoms with Crippen molar-refractivity contribution in [1.29, 1.82) is 0 Å². The van der Waals surface area contributed by atoms with Gasteiger partial charge >= 0.3 is 0 Å². The average Bonchev–Trinajstić information content (AvgIpc) is 2.27. The Bertz CT molecular complexity index is 399. The molecule has 0 fully saturated rings. The van der Waals surface area contributed by atoms with E-state index in [4.69, 9.17) is 0 Å². The first-order valence-electron chi connectivity index (χ1n) is 5.35. The van der Waals surface area contributed by atoms with Crippen molar-refractivity contribution in [2.75, 3.05) is 6.54 Å². The van der Waals surface area contributed by atoms with Crippen LogP contribution in [0.25, 0.3) is 0 Å². The molecule has 4 nitrogen and oxygen atoms in total. The van der Waals surface area contributed by atoms with E-state index in [-0.39, 0.29) is 5.91 Å². The van der Waals surface area contributed by atoms with Crippen LogP contribution < -0.4 is 5.32 Å². The van der Waals surface area contributed by atoms with E-state index in [1.54, 1.807) is 13.0 Å². The predicted molar refractivity (Wildman–Crippen MR) is 63.3 cm³/mol. The molecule has 0 saturated heterocycles. The summed E-state index contributed by atoms with van der Waals surface area (Å²) in [5, 5.41) is 10.7. The second kappa shape index (κ2) is 6.00. The number of carbonyl (C=O) groups excluding carboxylic acids is 1. The molecule has 0 radical (unpaired) electrons. The Labute approximate surface area is 95.8 Å². The van der Waals surface area contributed by atoms with Crippen LogP contribution in [-0.4, -0.2) is 22.6 Å². The molecule has 0 unspecified atom stereocenters. The quantitative estimate of drug-likeness (QED) is 0.620. The normalized spacial score (nSPS) is 10.7. The summed E-state index contributed by atoms with van der Waals surface area (Å²) < 4.78 is 0. The predicted octanol–water partition coefficient (Wildman–Crippen LogP) is 1.79. The minimum absolute atomic E-state index is 0.0833. The topological polar surface area (TPSA) is 54.9 Å². The summed E-state index contributed by atoms with van der Waals surface area (Å²) in [5.41, 5.74) is 2.02. The molecule has 16 heavy (non-hydrogen) atoms. The Morgan fingerprint density at radius 1 is 1.44 bits per heavy atom. The molecule has 1 N–H and O–H groups in total. The fraction of sp³-hybridized carbons (Fsp3) is 0.417. The van der Waals surface area contributed by atoms with Crippen LogP contribution >= 0.6 is 0 Å². The van der Waals surface area contributed by atoms with Crippen LogP contribution in [0.4, 0.5) is 0 Å². The number of hydrogen-bond acceptors (Lipinski definition) is 3. The minimum atomic E-state index is -0.0833. The van der Waals surface area contributed by atoms with Crippen molar-refractivity contribution in [3.63, 3.8) is 0 Å². The summed E-state index contributed by atoms with van der Waals surface area (Å²) in [5.74, 6) is -0.0833. The third-order valence-corrected chi connectivity index (χ3v) is 2.18. The van der Waals surface area contributed by atoms with Gasteiger partial charge in [-0.1, -0.05) is 12.2 Å². The molecule has 86 valence electrons. The van der Waals surface area contributed by atoms with E-state index in [0.29, 0.717) is 17.8 Å². The van der Waals surface area contributed by atoms with E-state index in [1.165, 1.54) is 0 Å². The van der Waals surface area contributed by atoms with Crippen LogP contribution in [0.5, 0.6) is 0 Å². The Balaban J connectivity index is 2.62. The smallest absolute Gasteiger partial charge is 0.253 e. The molecular weight excluding hydrogens is 202 g/mol. The van der Waals surface area contributed by atoms with E-state index >= 15 is 0 Å². The fourth-order valence-electron chi connectivity index (χ4n) is 1.31. The van der Waals surface area contributed by atoms with Gasteiger partial charge in [0.1, 0.15) is 0 Å². The minimum Gasteiger partial charge on any atom is -0.352 e. The van der Waals surface area contributed by atoms with E-state index in [9.17, 15) is 4.79 Å². The maximum Gasteiger partial charge on any atom is 0.253 e. The van der Waals surface area contributed by atoms with Gasteiger partial charge in [0.05, 0.1) is 17.0 Å². The molecule has 1 aromatic rings. The Morgan fingerprint density at radius 3 is 2.88 bits per heavy atom. The van der Waals surface area contributed by atoms with Crippen LogP contribution in [0.2, 0.25) is 0 Å². The van der Waals surface area contributed by atoms with Crippen molar-refractivity contribution >= 4 is 5.91 Å². The van der Waals surface area contributed by atoms with Gasteiger partial charge in [0.15, 0.2) is 0 Å². The molecule has 1 aromatic heterocycles. The number of nitrogens with zero attached hydrogens (tertiary/aromatic N) is 2. The molecule has 0 aliphatic carbocycles. The van der Waals surface area contributed by atoms with Gasteiger partial charge in [0, 0.05) is 6.54 Å². The zero-order valence-corrected chi connectivity index (χ0v) is 9.95. The molecule has 0 aromatic carbocycles. The van der Waals surface area contributed by atoms with E-state index < -0.39 is 0 Å². The lowest BCUT2D eigenvalue weighted by molar-refractivity contribution is 0.0953. The number of nitrogens with one attached hydrogen (secondary N) is 1. The molecule has 0 aliphatic heterocycles. The molecular formula is C12H17N3O. The molecule has 1 heterocycles. The maximum absolute atomic E-state index is 11.8. The number of amides is 1. The van der Waals surface area contributed by atoms with E-state index in [0.717, 1.165) is 12.1 Å². The largest absolute Gasteiger partial charge is 0.352 e. The van der Waals surface area contributed by atoms with E-state index in [1.807, 2.05) is 26.0 Å². The lowest BCUT2D eigenvalue weighted by atomic mass is 10.2. The van der Waals surface area contributed by atoms with Gasteiger partial charge in [-0.15, -0.1) is 0 Å². The first kappa shape index (κ1) is 12.4. The van der Waals surface area contributed by atoms with Gasteiger partial charge in [-0.3, -0.25) is 4.79 Å². The first-order chi connectivity index (χ1) is 7.65. The molecule has 4 heteroatoms. The van der Waals surface area contributed by atoms with Gasteiger partial charge in [-0.2, -0.15) is 10.2 Å². The summed E-state index contributed by atoms with van der Waals surface area (Å²) in [6.45, 7) is 6.21. The van der Waals surface area contributed by atoms with Gasteiger partial charge in [-0.05, 0) is 33.3 Å². The number of allylic oxidation sites excluding steroid dienone is 1. The number of aryl methyl sites for hydroxylation is 2. The van der Waals surface area contributed by atoms with Crippen LogP contribution in [-0.2, 0) is 0 Å². The molecule has 0 aliphatic rings. The second-order valence-electron chi connectivity index (χ2n) is 3.60. The third kappa shape index (κ3) is 3.46. The SMILES string of the molecule is C/C=C/CCNC(=O)c1cc(C)nnc1C. The standard InChI is InChI=1S/C12H17N3O/c1-4-5-6-7-13-12(16)11-8-9(2)14-15-10(11)3/h4-5,8H,6-7H2,1-3H3,(H,13,16)/b5-4+. The van der Waals surface area contributed by atoms with Gasteiger partial charge < -0.3 is 5.32 Å². The Kier molecular flexibility index (Phi) is 4.64. The fourth-order valence-corrected chi connectivity index (χ4v) is 1.31. The van der Waals surface area contributed by atoms with Crippen molar-refractivity contribution < 1.29 is 4.79 Å². The number of carbonyl (C=O) groups is 1. The van der Waals surface area contributed by atoms with Crippen LogP contribution in [0, 0.1) is 13.8 Å². The van der Waals surface area contributed by atoms with Crippen molar-refractivity contribution in [1.82, 2.24) is 15.5 Å². The van der Waals surface area contributed by atoms with Crippen LogP contribution in [0.15, 0.2) is 18.2 Å². The summed E-state index contributed by atoms with van der Waals surface area (Å²) in [6, 6.07) is 1.76. The molecule has 0 spiro atoms. The average molecular weight is 219 g/mol. The van der Waals surface area contributed by atoms with Crippen LogP contribution in [0.1, 0.15) is 35.1 Å². The lowest BCUT2D eigenvalue weighted by Crippen LogP contribution is -2.25. The zero-order valence-electron chi connectivity index (χ0n) is 9.95. The summed E-state index contributed by atoms with van der Waals surface area (Å²) in [6.07, 6.45) is 4.83. The lowest BCUT2D eigenvalue weighted by Gasteiger charge is -2.05. The van der Waals surface area contributed by atoms with Crippen LogP contribution in [0.3, 0.4) is 0 Å².